The number of rotatable bonds is 3. The molecule has 0 aromatic heterocycles. The molecule has 0 saturated carbocycles. The molecule has 0 aromatic carbocycles. The van der Waals surface area contributed by atoms with E-state index in [9.17, 15) is 16.8 Å². The van der Waals surface area contributed by atoms with Crippen LogP contribution < -0.4 is 0 Å². The van der Waals surface area contributed by atoms with E-state index in [1.165, 1.54) is 0 Å². The maximum atomic E-state index is 10.2. The summed E-state index contributed by atoms with van der Waals surface area (Å²) in [4.78, 5) is 0. The fraction of sp³-hybridized carbons (Fsp3) is 1.00. The Bertz CT molecular complexity index is 301. The predicted octanol–water partition coefficient (Wildman–Crippen LogP) is -1.53. The zero-order valence-corrected chi connectivity index (χ0v) is 7.58. The van der Waals surface area contributed by atoms with Crippen molar-refractivity contribution in [2.24, 2.45) is 0 Å². The molecule has 0 aliphatic carbocycles. The molecular formula is C3H8O7S2. The van der Waals surface area contributed by atoms with Gasteiger partial charge in [-0.2, -0.15) is 16.8 Å². The van der Waals surface area contributed by atoms with Crippen LogP contribution in [0.5, 0.6) is 0 Å². The van der Waals surface area contributed by atoms with E-state index in [1.807, 2.05) is 0 Å². The van der Waals surface area contributed by atoms with Crippen LogP contribution in [0.3, 0.4) is 0 Å². The molecule has 0 radical (unpaired) electrons. The molecule has 0 fully saturated rings. The van der Waals surface area contributed by atoms with Gasteiger partial charge in [0.1, 0.15) is 5.25 Å². The van der Waals surface area contributed by atoms with Crippen LogP contribution in [0, 0.1) is 0 Å². The molecular weight excluding hydrogens is 212 g/mol. The van der Waals surface area contributed by atoms with Gasteiger partial charge in [0.15, 0.2) is 5.44 Å². The van der Waals surface area contributed by atoms with Gasteiger partial charge in [-0.3, -0.25) is 9.11 Å². The second kappa shape index (κ2) is 3.26. The Labute approximate surface area is 69.5 Å². The molecule has 0 aliphatic heterocycles. The standard InChI is InChI=1S/C3H8O7S2/c1-2(11(5,6)7)3(4)12(8,9)10/h2-4H,1H3,(H,5,6,7)(H,8,9,10). The molecule has 0 heterocycles. The summed E-state index contributed by atoms with van der Waals surface area (Å²) in [6.45, 7) is 0.744. The minimum atomic E-state index is -4.87. The molecule has 0 aromatic rings. The van der Waals surface area contributed by atoms with Gasteiger partial charge in [0, 0.05) is 0 Å². The fourth-order valence-electron chi connectivity index (χ4n) is 0.389. The van der Waals surface area contributed by atoms with E-state index >= 15 is 0 Å². The summed E-state index contributed by atoms with van der Waals surface area (Å²) in [6, 6.07) is 0. The highest BCUT2D eigenvalue weighted by Crippen LogP contribution is 2.08. The average molecular weight is 220 g/mol. The van der Waals surface area contributed by atoms with Gasteiger partial charge in [-0.15, -0.1) is 0 Å². The molecule has 3 N–H and O–H groups in total. The van der Waals surface area contributed by atoms with Gasteiger partial charge < -0.3 is 5.11 Å². The van der Waals surface area contributed by atoms with Gasteiger partial charge in [0.05, 0.1) is 0 Å². The lowest BCUT2D eigenvalue weighted by Gasteiger charge is -2.12. The summed E-state index contributed by atoms with van der Waals surface area (Å²) >= 11 is 0. The van der Waals surface area contributed by atoms with Crippen molar-refractivity contribution in [2.75, 3.05) is 0 Å². The van der Waals surface area contributed by atoms with Crippen molar-refractivity contribution in [1.82, 2.24) is 0 Å². The Hall–Kier alpha value is -0.220. The van der Waals surface area contributed by atoms with Gasteiger partial charge in [-0.05, 0) is 6.92 Å². The summed E-state index contributed by atoms with van der Waals surface area (Å²) in [6.07, 6.45) is 0. The highest BCUT2D eigenvalue weighted by Gasteiger charge is 2.34. The van der Waals surface area contributed by atoms with Gasteiger partial charge >= 0.3 is 0 Å². The first-order chi connectivity index (χ1) is 5.07. The van der Waals surface area contributed by atoms with Crippen LogP contribution in [0.4, 0.5) is 0 Å². The number of aliphatic hydroxyl groups is 1. The minimum absolute atomic E-state index is 0.744. The average Bonchev–Trinajstić information content (AvgIpc) is 1.80. The summed E-state index contributed by atoms with van der Waals surface area (Å²) in [5.41, 5.74) is -2.53. The van der Waals surface area contributed by atoms with Crippen LogP contribution in [0.1, 0.15) is 6.92 Å². The SMILES string of the molecule is CC(C(O)S(=O)(=O)O)S(=O)(=O)O. The lowest BCUT2D eigenvalue weighted by atomic mass is 10.5. The first kappa shape index (κ1) is 11.8. The molecule has 74 valence electrons. The quantitative estimate of drug-likeness (QED) is 0.492. The molecule has 2 atom stereocenters. The Morgan fingerprint density at radius 3 is 1.42 bits per heavy atom. The molecule has 0 amide bonds. The van der Waals surface area contributed by atoms with E-state index in [-0.39, 0.29) is 0 Å². The van der Waals surface area contributed by atoms with Gasteiger partial charge in [0.25, 0.3) is 20.2 Å². The molecule has 9 heteroatoms. The highest BCUT2D eigenvalue weighted by molar-refractivity contribution is 7.90. The van der Waals surface area contributed by atoms with E-state index in [1.54, 1.807) is 0 Å². The van der Waals surface area contributed by atoms with E-state index < -0.39 is 30.9 Å². The molecule has 2 unspecified atom stereocenters. The lowest BCUT2D eigenvalue weighted by molar-refractivity contribution is 0.226. The third kappa shape index (κ3) is 3.03. The second-order valence-corrected chi connectivity index (χ2v) is 5.41. The van der Waals surface area contributed by atoms with Crippen molar-refractivity contribution in [3.05, 3.63) is 0 Å². The first-order valence-corrected chi connectivity index (χ1v) is 5.68. The molecule has 0 saturated heterocycles. The van der Waals surface area contributed by atoms with Crippen molar-refractivity contribution in [3.63, 3.8) is 0 Å². The van der Waals surface area contributed by atoms with E-state index in [0.717, 1.165) is 6.92 Å². The van der Waals surface area contributed by atoms with E-state index in [2.05, 4.69) is 0 Å². The van der Waals surface area contributed by atoms with E-state index in [0.29, 0.717) is 0 Å². The second-order valence-electron chi connectivity index (χ2n) is 2.13. The smallest absolute Gasteiger partial charge is 0.293 e. The number of aliphatic hydroxyl groups excluding tert-OH is 1. The van der Waals surface area contributed by atoms with Crippen molar-refractivity contribution in [3.8, 4) is 0 Å². The van der Waals surface area contributed by atoms with Crippen LogP contribution in [-0.4, -0.2) is 41.7 Å². The first-order valence-electron chi connectivity index (χ1n) is 2.67. The van der Waals surface area contributed by atoms with Crippen molar-refractivity contribution < 1.29 is 31.0 Å². The summed E-state index contributed by atoms with van der Waals surface area (Å²) in [5, 5.41) is 6.63. The maximum absolute atomic E-state index is 10.2. The Morgan fingerprint density at radius 2 is 1.33 bits per heavy atom. The molecule has 0 spiro atoms. The van der Waals surface area contributed by atoms with Crippen molar-refractivity contribution in [2.45, 2.75) is 17.6 Å². The topological polar surface area (TPSA) is 129 Å². The number of hydrogen-bond donors (Lipinski definition) is 3. The third-order valence-corrected chi connectivity index (χ3v) is 3.56. The third-order valence-electron chi connectivity index (χ3n) is 1.18. The van der Waals surface area contributed by atoms with Crippen LogP contribution in [0.25, 0.3) is 0 Å². The van der Waals surface area contributed by atoms with E-state index in [4.69, 9.17) is 14.2 Å². The summed E-state index contributed by atoms with van der Waals surface area (Å²) in [7, 11) is -9.54. The van der Waals surface area contributed by atoms with Gasteiger partial charge in [0.2, 0.25) is 0 Å². The molecule has 12 heavy (non-hydrogen) atoms. The van der Waals surface area contributed by atoms with Gasteiger partial charge in [-0.25, -0.2) is 0 Å². The Morgan fingerprint density at radius 1 is 1.00 bits per heavy atom. The Kier molecular flexibility index (Phi) is 3.20. The molecule has 0 bridgehead atoms. The Balaban J connectivity index is 4.89. The molecule has 0 aliphatic rings. The summed E-state index contributed by atoms with van der Waals surface area (Å²) < 4.78 is 57.2. The fourth-order valence-corrected chi connectivity index (χ4v) is 2.01. The number of hydrogen-bond acceptors (Lipinski definition) is 5. The largest absolute Gasteiger partial charge is 0.374 e. The lowest BCUT2D eigenvalue weighted by Crippen LogP contribution is -2.36. The van der Waals surface area contributed by atoms with Crippen LogP contribution in [0.15, 0.2) is 0 Å². The normalized spacial score (nSPS) is 18.7. The monoisotopic (exact) mass is 220 g/mol. The van der Waals surface area contributed by atoms with Crippen LogP contribution in [-0.2, 0) is 20.2 Å². The predicted molar refractivity (Wildman–Crippen MR) is 38.6 cm³/mol. The highest BCUT2D eigenvalue weighted by atomic mass is 32.2. The van der Waals surface area contributed by atoms with Crippen molar-refractivity contribution >= 4 is 20.2 Å². The molecule has 0 rings (SSSR count). The zero-order chi connectivity index (χ0) is 10.2. The van der Waals surface area contributed by atoms with Crippen LogP contribution in [0.2, 0.25) is 0 Å². The van der Waals surface area contributed by atoms with Crippen molar-refractivity contribution in [1.29, 1.82) is 0 Å². The van der Waals surface area contributed by atoms with Gasteiger partial charge in [-0.1, -0.05) is 0 Å². The zero-order valence-electron chi connectivity index (χ0n) is 5.95. The maximum Gasteiger partial charge on any atom is 0.293 e. The van der Waals surface area contributed by atoms with Crippen LogP contribution >= 0.6 is 0 Å². The summed E-state index contributed by atoms with van der Waals surface area (Å²) in [5.74, 6) is 0. The minimum Gasteiger partial charge on any atom is -0.374 e. The molecule has 7 nitrogen and oxygen atoms in total.